The first-order valence-electron chi connectivity index (χ1n) is 12.4. The highest BCUT2D eigenvalue weighted by atomic mass is 16.2. The maximum atomic E-state index is 13.3. The molecule has 7 rings (SSSR count). The summed E-state index contributed by atoms with van der Waals surface area (Å²) in [6.07, 6.45) is 1.83. The molecule has 0 radical (unpaired) electrons. The molecular formula is C28H30N4O2. The molecule has 34 heavy (non-hydrogen) atoms. The Balaban J connectivity index is 1.16. The van der Waals surface area contributed by atoms with Crippen molar-refractivity contribution in [2.24, 2.45) is 22.7 Å². The summed E-state index contributed by atoms with van der Waals surface area (Å²) < 4.78 is 3.20. The second-order valence-corrected chi connectivity index (χ2v) is 12.1. The zero-order valence-corrected chi connectivity index (χ0v) is 20.6. The summed E-state index contributed by atoms with van der Waals surface area (Å²) in [7, 11) is 0. The van der Waals surface area contributed by atoms with Crippen molar-refractivity contribution in [3.8, 4) is 0 Å². The summed E-state index contributed by atoms with van der Waals surface area (Å²) in [5.41, 5.74) is 8.36. The zero-order valence-electron chi connectivity index (χ0n) is 20.6. The molecule has 0 N–H and O–H groups in total. The van der Waals surface area contributed by atoms with E-state index in [0.29, 0.717) is 45.6 Å². The number of nitrogens with zero attached hydrogens (tertiary/aromatic N) is 4. The van der Waals surface area contributed by atoms with E-state index in [0.717, 1.165) is 35.6 Å². The lowest BCUT2D eigenvalue weighted by Gasteiger charge is -2.11. The number of hydrogen-bond acceptors (Lipinski definition) is 4. The first-order chi connectivity index (χ1) is 16.0. The van der Waals surface area contributed by atoms with Crippen molar-refractivity contribution in [1.29, 1.82) is 0 Å². The molecule has 6 heteroatoms. The van der Waals surface area contributed by atoms with Gasteiger partial charge in [0, 0.05) is 22.3 Å². The van der Waals surface area contributed by atoms with Crippen LogP contribution in [-0.2, 0) is 12.8 Å². The molecule has 3 aromatic rings. The standard InChI is InChI=1S/C28H30N4O2/c1-13-21-19(11-17-23(21)27(17,3)4)31(29-13)25(33)15-7-9-16(10-8-15)26(34)32-20-12-18-24(28(18,5)6)22(20)14(2)30-32/h7-10,17-18,23-24H,11-12H2,1-6H3/t17-,18+,23-,24-/m0/s1. The van der Waals surface area contributed by atoms with Crippen molar-refractivity contribution in [2.75, 3.05) is 0 Å². The highest BCUT2D eigenvalue weighted by Gasteiger charge is 2.65. The number of hydrogen-bond donors (Lipinski definition) is 0. The average Bonchev–Trinajstić information content (AvgIpc) is 3.28. The van der Waals surface area contributed by atoms with Crippen LogP contribution in [0, 0.1) is 36.5 Å². The van der Waals surface area contributed by atoms with Crippen LogP contribution in [0.5, 0.6) is 0 Å². The van der Waals surface area contributed by atoms with E-state index in [1.165, 1.54) is 11.1 Å². The third kappa shape index (κ3) is 2.32. The molecule has 2 aromatic heterocycles. The van der Waals surface area contributed by atoms with Crippen molar-refractivity contribution >= 4 is 11.8 Å². The maximum absolute atomic E-state index is 13.3. The number of rotatable bonds is 2. The van der Waals surface area contributed by atoms with E-state index in [2.05, 4.69) is 37.9 Å². The molecular weight excluding hydrogens is 424 g/mol. The van der Waals surface area contributed by atoms with Crippen LogP contribution in [0.15, 0.2) is 24.3 Å². The Kier molecular flexibility index (Phi) is 3.57. The number of fused-ring (bicyclic) bond motifs is 6. The first kappa shape index (κ1) is 20.4. The molecule has 2 heterocycles. The average molecular weight is 455 g/mol. The van der Waals surface area contributed by atoms with Gasteiger partial charge in [0.05, 0.1) is 22.8 Å². The van der Waals surface area contributed by atoms with E-state index in [1.54, 1.807) is 33.6 Å². The van der Waals surface area contributed by atoms with Crippen LogP contribution in [0.1, 0.15) is 94.1 Å². The van der Waals surface area contributed by atoms with Gasteiger partial charge in [-0.2, -0.15) is 10.2 Å². The molecule has 4 aliphatic carbocycles. The molecule has 1 aromatic carbocycles. The van der Waals surface area contributed by atoms with Crippen molar-refractivity contribution in [3.05, 3.63) is 69.3 Å². The largest absolute Gasteiger partial charge is 0.278 e. The van der Waals surface area contributed by atoms with Gasteiger partial charge in [0.2, 0.25) is 0 Å². The van der Waals surface area contributed by atoms with Crippen molar-refractivity contribution in [2.45, 2.75) is 66.2 Å². The fourth-order valence-electron chi connectivity index (χ4n) is 7.53. The van der Waals surface area contributed by atoms with E-state index in [9.17, 15) is 9.59 Å². The second-order valence-electron chi connectivity index (χ2n) is 12.1. The zero-order chi connectivity index (χ0) is 23.9. The molecule has 6 nitrogen and oxygen atoms in total. The smallest absolute Gasteiger partial charge is 0.267 e. The van der Waals surface area contributed by atoms with Crippen LogP contribution >= 0.6 is 0 Å². The Bertz CT molecular complexity index is 1330. The van der Waals surface area contributed by atoms with E-state index < -0.39 is 0 Å². The predicted molar refractivity (Wildman–Crippen MR) is 127 cm³/mol. The third-order valence-corrected chi connectivity index (χ3v) is 9.73. The van der Waals surface area contributed by atoms with Gasteiger partial charge < -0.3 is 0 Å². The molecule has 0 unspecified atom stereocenters. The summed E-state index contributed by atoms with van der Waals surface area (Å²) in [6, 6.07) is 6.98. The number of carbonyl (C=O) groups excluding carboxylic acids is 2. The lowest BCUT2D eigenvalue weighted by atomic mass is 9.98. The normalized spacial score (nSPS) is 28.2. The lowest BCUT2D eigenvalue weighted by molar-refractivity contribution is 0.0929. The van der Waals surface area contributed by atoms with Gasteiger partial charge in [0.15, 0.2) is 0 Å². The van der Waals surface area contributed by atoms with Gasteiger partial charge in [0.1, 0.15) is 0 Å². The van der Waals surface area contributed by atoms with E-state index in [-0.39, 0.29) is 11.8 Å². The van der Waals surface area contributed by atoms with Gasteiger partial charge in [0.25, 0.3) is 11.8 Å². The monoisotopic (exact) mass is 454 g/mol. The second kappa shape index (κ2) is 5.96. The minimum Gasteiger partial charge on any atom is -0.267 e. The van der Waals surface area contributed by atoms with Crippen LogP contribution < -0.4 is 0 Å². The van der Waals surface area contributed by atoms with Gasteiger partial charge in [-0.3, -0.25) is 9.59 Å². The Labute approximate surface area is 199 Å². The maximum Gasteiger partial charge on any atom is 0.278 e. The quantitative estimate of drug-likeness (QED) is 0.565. The number of carbonyl (C=O) groups is 2. The van der Waals surface area contributed by atoms with Gasteiger partial charge in [-0.1, -0.05) is 27.7 Å². The lowest BCUT2D eigenvalue weighted by Crippen LogP contribution is -2.19. The highest BCUT2D eigenvalue weighted by molar-refractivity contribution is 5.99. The van der Waals surface area contributed by atoms with E-state index >= 15 is 0 Å². The van der Waals surface area contributed by atoms with Crippen LogP contribution in [0.4, 0.5) is 0 Å². The summed E-state index contributed by atoms with van der Waals surface area (Å²) in [5.74, 6) is 2.05. The third-order valence-electron chi connectivity index (χ3n) is 9.73. The Hall–Kier alpha value is -3.02. The van der Waals surface area contributed by atoms with Crippen molar-refractivity contribution in [3.63, 3.8) is 0 Å². The van der Waals surface area contributed by atoms with E-state index in [1.807, 2.05) is 13.8 Å². The first-order valence-corrected chi connectivity index (χ1v) is 12.4. The molecule has 0 saturated heterocycles. The fourth-order valence-corrected chi connectivity index (χ4v) is 7.53. The van der Waals surface area contributed by atoms with Gasteiger partial charge in [-0.25, -0.2) is 9.36 Å². The highest BCUT2D eigenvalue weighted by Crippen LogP contribution is 2.71. The SMILES string of the molecule is Cc1nn(C(=O)c2ccc(C(=O)n3nc(C)c4c3C[C@H]3[C@@H]4C3(C)C)cc2)c2c1[C@@H]1[C@@H](C2)C1(C)C. The molecule has 4 aliphatic rings. The van der Waals surface area contributed by atoms with Gasteiger partial charge in [-0.15, -0.1) is 0 Å². The summed E-state index contributed by atoms with van der Waals surface area (Å²) in [4.78, 5) is 26.6. The number of aromatic nitrogens is 4. The number of benzene rings is 1. The minimum atomic E-state index is -0.124. The Morgan fingerprint density at radius 1 is 0.735 bits per heavy atom. The molecule has 0 spiro atoms. The fraction of sp³-hybridized carbons (Fsp3) is 0.500. The molecule has 2 fully saturated rings. The Morgan fingerprint density at radius 3 is 1.44 bits per heavy atom. The molecule has 4 atom stereocenters. The van der Waals surface area contributed by atoms with E-state index in [4.69, 9.17) is 0 Å². The number of aryl methyl sites for hydroxylation is 2. The predicted octanol–water partition coefficient (Wildman–Crippen LogP) is 4.66. The molecule has 0 aliphatic heterocycles. The van der Waals surface area contributed by atoms with Crippen LogP contribution in [-0.4, -0.2) is 31.4 Å². The van der Waals surface area contributed by atoms with Gasteiger partial charge in [-0.05, 0) is 85.5 Å². The van der Waals surface area contributed by atoms with Crippen LogP contribution in [0.25, 0.3) is 0 Å². The van der Waals surface area contributed by atoms with Crippen molar-refractivity contribution < 1.29 is 9.59 Å². The molecule has 2 saturated carbocycles. The molecule has 0 amide bonds. The topological polar surface area (TPSA) is 69.8 Å². The van der Waals surface area contributed by atoms with Crippen molar-refractivity contribution in [1.82, 2.24) is 19.6 Å². The Morgan fingerprint density at radius 2 is 1.09 bits per heavy atom. The van der Waals surface area contributed by atoms with Gasteiger partial charge >= 0.3 is 0 Å². The molecule has 0 bridgehead atoms. The minimum absolute atomic E-state index is 0.124. The van der Waals surface area contributed by atoms with Crippen LogP contribution in [0.2, 0.25) is 0 Å². The summed E-state index contributed by atoms with van der Waals surface area (Å²) in [6.45, 7) is 13.2. The summed E-state index contributed by atoms with van der Waals surface area (Å²) >= 11 is 0. The van der Waals surface area contributed by atoms with Crippen LogP contribution in [0.3, 0.4) is 0 Å². The molecule has 174 valence electrons. The summed E-state index contributed by atoms with van der Waals surface area (Å²) in [5, 5.41) is 9.21.